The Morgan fingerprint density at radius 2 is 1.32 bits per heavy atom. The van der Waals surface area contributed by atoms with Gasteiger partial charge in [0.05, 0.1) is 5.56 Å². The third kappa shape index (κ3) is 3.65. The summed E-state index contributed by atoms with van der Waals surface area (Å²) in [5.41, 5.74) is -1.39. The lowest BCUT2D eigenvalue weighted by molar-refractivity contribution is 0.122. The Bertz CT molecular complexity index is 479. The second-order valence-electron chi connectivity index (χ2n) is 4.92. The van der Waals surface area contributed by atoms with Gasteiger partial charge in [-0.25, -0.2) is 22.0 Å². The quantitative estimate of drug-likeness (QED) is 0.270. The molecule has 0 fully saturated rings. The Hall–Kier alpha value is -1.66. The smallest absolute Gasteiger partial charge is 0.200 e. The summed E-state index contributed by atoms with van der Waals surface area (Å²) < 4.78 is 64.9. The molecule has 1 aromatic rings. The van der Waals surface area contributed by atoms with E-state index in [0.717, 1.165) is 0 Å². The van der Waals surface area contributed by atoms with E-state index in [0.29, 0.717) is 0 Å². The first-order valence-corrected chi connectivity index (χ1v) is 5.32. The van der Waals surface area contributed by atoms with Crippen LogP contribution >= 0.6 is 0 Å². The molecule has 1 aromatic carbocycles. The molecule has 0 heterocycles. The van der Waals surface area contributed by atoms with Crippen molar-refractivity contribution in [2.45, 2.75) is 27.4 Å². The minimum atomic E-state index is -2.20. The topological polar surface area (TPSA) is 21.6 Å². The summed E-state index contributed by atoms with van der Waals surface area (Å²) in [7, 11) is 0. The zero-order chi connectivity index (χ0) is 14.8. The van der Waals surface area contributed by atoms with E-state index in [4.69, 9.17) is 0 Å². The summed E-state index contributed by atoms with van der Waals surface area (Å²) in [5, 5.41) is 3.40. The maximum atomic E-state index is 13.2. The lowest BCUT2D eigenvalue weighted by Gasteiger charge is -2.10. The molecule has 0 amide bonds. The van der Waals surface area contributed by atoms with E-state index in [1.165, 1.54) is 6.21 Å². The number of nitrogens with zero attached hydrogens (tertiary/aromatic N) is 1. The molecule has 1 rings (SSSR count). The summed E-state index contributed by atoms with van der Waals surface area (Å²) in [5.74, 6) is -10.0. The van der Waals surface area contributed by atoms with Crippen LogP contribution in [-0.2, 0) is 11.4 Å². The van der Waals surface area contributed by atoms with Gasteiger partial charge in [-0.15, -0.1) is 0 Å². The minimum absolute atomic E-state index is 0.337. The van der Waals surface area contributed by atoms with E-state index in [-0.39, 0.29) is 5.41 Å². The molecule has 0 atom stereocenters. The van der Waals surface area contributed by atoms with Crippen LogP contribution in [0.1, 0.15) is 26.3 Å². The first-order chi connectivity index (χ1) is 8.65. The van der Waals surface area contributed by atoms with Crippen molar-refractivity contribution in [1.29, 1.82) is 0 Å². The zero-order valence-corrected chi connectivity index (χ0v) is 10.5. The molecule has 19 heavy (non-hydrogen) atoms. The first-order valence-electron chi connectivity index (χ1n) is 5.32. The van der Waals surface area contributed by atoms with E-state index >= 15 is 0 Å². The van der Waals surface area contributed by atoms with Crippen molar-refractivity contribution in [3.8, 4) is 0 Å². The molecule has 0 aromatic heterocycles. The maximum absolute atomic E-state index is 13.2. The first kappa shape index (κ1) is 15.4. The van der Waals surface area contributed by atoms with Gasteiger partial charge in [0.25, 0.3) is 0 Å². The predicted molar refractivity (Wildman–Crippen MR) is 59.0 cm³/mol. The molecule has 0 bridgehead atoms. The summed E-state index contributed by atoms with van der Waals surface area (Å²) in [6, 6.07) is 0. The fourth-order valence-electron chi connectivity index (χ4n) is 1.07. The molecule has 0 radical (unpaired) electrons. The van der Waals surface area contributed by atoms with Gasteiger partial charge in [-0.05, 0) is 0 Å². The number of benzene rings is 1. The molecule has 2 nitrogen and oxygen atoms in total. The van der Waals surface area contributed by atoms with Crippen LogP contribution in [0.15, 0.2) is 5.16 Å². The van der Waals surface area contributed by atoms with Crippen LogP contribution in [0.5, 0.6) is 0 Å². The Balaban J connectivity index is 2.94. The normalized spacial score (nSPS) is 12.2. The number of halogens is 5. The van der Waals surface area contributed by atoms with Gasteiger partial charge in [-0.3, -0.25) is 0 Å². The lowest BCUT2D eigenvalue weighted by atomic mass is 10.00. The van der Waals surface area contributed by atoms with Crippen LogP contribution in [0, 0.1) is 34.5 Å². The lowest BCUT2D eigenvalue weighted by Crippen LogP contribution is -2.09. The highest BCUT2D eigenvalue weighted by molar-refractivity contribution is 5.63. The molecule has 0 aliphatic heterocycles. The van der Waals surface area contributed by atoms with Gasteiger partial charge in [0.15, 0.2) is 23.3 Å². The van der Waals surface area contributed by atoms with E-state index in [9.17, 15) is 22.0 Å². The third-order valence-electron chi connectivity index (χ3n) is 2.02. The number of oxime groups is 1. The van der Waals surface area contributed by atoms with Gasteiger partial charge in [0.2, 0.25) is 5.82 Å². The molecular weight excluding hydrogens is 269 g/mol. The van der Waals surface area contributed by atoms with Gasteiger partial charge >= 0.3 is 0 Å². The molecule has 0 aliphatic carbocycles. The molecule has 0 saturated heterocycles. The molecule has 0 aliphatic rings. The van der Waals surface area contributed by atoms with Crippen molar-refractivity contribution in [3.05, 3.63) is 34.6 Å². The van der Waals surface area contributed by atoms with Crippen LogP contribution in [0.3, 0.4) is 0 Å². The highest BCUT2D eigenvalue weighted by atomic mass is 19.2. The highest BCUT2D eigenvalue weighted by Crippen LogP contribution is 2.23. The van der Waals surface area contributed by atoms with E-state index in [2.05, 4.69) is 9.99 Å². The molecule has 106 valence electrons. The molecular formula is C12H12F5NO. The largest absolute Gasteiger partial charge is 0.391 e. The van der Waals surface area contributed by atoms with Gasteiger partial charge in [-0.1, -0.05) is 25.9 Å². The zero-order valence-electron chi connectivity index (χ0n) is 10.5. The van der Waals surface area contributed by atoms with Crippen LogP contribution in [0.25, 0.3) is 0 Å². The van der Waals surface area contributed by atoms with E-state index in [1.54, 1.807) is 20.8 Å². The van der Waals surface area contributed by atoms with E-state index in [1.807, 2.05) is 0 Å². The van der Waals surface area contributed by atoms with Crippen molar-refractivity contribution in [1.82, 2.24) is 0 Å². The SMILES string of the molecule is CC(C)(C)C=NOCc1c(F)c(F)c(F)c(F)c1F. The molecule has 0 saturated carbocycles. The Kier molecular flexibility index (Phi) is 4.49. The summed E-state index contributed by atoms with van der Waals surface area (Å²) in [4.78, 5) is 4.54. The monoisotopic (exact) mass is 281 g/mol. The van der Waals surface area contributed by atoms with Gasteiger partial charge in [0.1, 0.15) is 6.61 Å². The second kappa shape index (κ2) is 5.54. The molecule has 7 heteroatoms. The third-order valence-corrected chi connectivity index (χ3v) is 2.02. The van der Waals surface area contributed by atoms with Crippen molar-refractivity contribution in [2.75, 3.05) is 0 Å². The van der Waals surface area contributed by atoms with Crippen molar-refractivity contribution < 1.29 is 26.8 Å². The summed E-state index contributed by atoms with van der Waals surface area (Å²) in [6.45, 7) is 4.52. The van der Waals surface area contributed by atoms with Gasteiger partial charge < -0.3 is 4.84 Å². The Morgan fingerprint density at radius 3 is 1.74 bits per heavy atom. The number of hydrogen-bond acceptors (Lipinski definition) is 2. The van der Waals surface area contributed by atoms with Crippen LogP contribution in [0.4, 0.5) is 22.0 Å². The maximum Gasteiger partial charge on any atom is 0.200 e. The predicted octanol–water partition coefficient (Wildman–Crippen LogP) is 3.93. The summed E-state index contributed by atoms with van der Waals surface area (Å²) >= 11 is 0. The van der Waals surface area contributed by atoms with Gasteiger partial charge in [-0.2, -0.15) is 0 Å². The van der Waals surface area contributed by atoms with Gasteiger partial charge in [0, 0.05) is 11.6 Å². The number of rotatable bonds is 3. The van der Waals surface area contributed by atoms with Crippen molar-refractivity contribution >= 4 is 6.21 Å². The fraction of sp³-hybridized carbons (Fsp3) is 0.417. The molecule has 0 spiro atoms. The van der Waals surface area contributed by atoms with Crippen LogP contribution in [-0.4, -0.2) is 6.21 Å². The second-order valence-corrected chi connectivity index (χ2v) is 4.92. The fourth-order valence-corrected chi connectivity index (χ4v) is 1.07. The van der Waals surface area contributed by atoms with Crippen LogP contribution < -0.4 is 0 Å². The molecule has 0 N–H and O–H groups in total. The molecule has 0 unspecified atom stereocenters. The van der Waals surface area contributed by atoms with Crippen molar-refractivity contribution in [3.63, 3.8) is 0 Å². The standard InChI is InChI=1S/C12H12F5NO/c1-12(2,3)5-18-19-4-6-7(13)9(15)11(17)10(16)8(6)14/h5H,4H2,1-3H3. The average Bonchev–Trinajstić information content (AvgIpc) is 2.32. The van der Waals surface area contributed by atoms with Crippen LogP contribution in [0.2, 0.25) is 0 Å². The summed E-state index contributed by atoms with van der Waals surface area (Å²) in [6.07, 6.45) is 1.35. The number of hydrogen-bond donors (Lipinski definition) is 0. The Labute approximate surface area is 106 Å². The highest BCUT2D eigenvalue weighted by Gasteiger charge is 2.25. The minimum Gasteiger partial charge on any atom is -0.391 e. The van der Waals surface area contributed by atoms with Crippen molar-refractivity contribution in [2.24, 2.45) is 10.6 Å². The van der Waals surface area contributed by atoms with E-state index < -0.39 is 41.3 Å². The average molecular weight is 281 g/mol. The Morgan fingerprint density at radius 1 is 0.895 bits per heavy atom.